The number of alkyl halides is 3. The lowest BCUT2D eigenvalue weighted by Gasteiger charge is -2.23. The van der Waals surface area contributed by atoms with Gasteiger partial charge >= 0.3 is 6.18 Å². The highest BCUT2D eigenvalue weighted by Crippen LogP contribution is 2.38. The Morgan fingerprint density at radius 1 is 1.07 bits per heavy atom. The normalized spacial score (nSPS) is 15.6. The van der Waals surface area contributed by atoms with Gasteiger partial charge in [-0.2, -0.15) is 13.2 Å². The van der Waals surface area contributed by atoms with Crippen LogP contribution >= 0.6 is 0 Å². The van der Waals surface area contributed by atoms with Crippen LogP contribution in [0.4, 0.5) is 19.0 Å². The fraction of sp³-hybridized carbons (Fsp3) is 0.364. The number of anilines is 1. The third-order valence-corrected chi connectivity index (χ3v) is 5.44. The molecule has 7 heteroatoms. The van der Waals surface area contributed by atoms with Crippen molar-refractivity contribution in [2.24, 2.45) is 0 Å². The first-order valence-corrected chi connectivity index (χ1v) is 9.85. The Balaban J connectivity index is 1.70. The minimum atomic E-state index is -4.43. The van der Waals surface area contributed by atoms with Crippen molar-refractivity contribution in [3.8, 4) is 0 Å². The van der Waals surface area contributed by atoms with Gasteiger partial charge in [0.1, 0.15) is 5.65 Å². The van der Waals surface area contributed by atoms with Crippen molar-refractivity contribution in [2.75, 3.05) is 5.32 Å². The van der Waals surface area contributed by atoms with Crippen LogP contribution in [-0.4, -0.2) is 15.3 Å². The van der Waals surface area contributed by atoms with Gasteiger partial charge in [0.25, 0.3) is 0 Å². The quantitative estimate of drug-likeness (QED) is 0.620. The van der Waals surface area contributed by atoms with E-state index in [1.807, 2.05) is 30.3 Å². The van der Waals surface area contributed by atoms with E-state index in [0.717, 1.165) is 49.9 Å². The molecule has 4 rings (SSSR count). The molecule has 4 nitrogen and oxygen atoms in total. The van der Waals surface area contributed by atoms with Gasteiger partial charge in [0, 0.05) is 12.1 Å². The minimum Gasteiger partial charge on any atom is -0.309 e. The highest BCUT2D eigenvalue weighted by atomic mass is 19.4. The molecule has 152 valence electrons. The zero-order valence-corrected chi connectivity index (χ0v) is 15.9. The second-order valence-corrected chi connectivity index (χ2v) is 7.53. The number of benzene rings is 1. The van der Waals surface area contributed by atoms with Crippen LogP contribution in [0.25, 0.3) is 5.65 Å². The summed E-state index contributed by atoms with van der Waals surface area (Å²) in [6, 6.07) is 11.7. The highest BCUT2D eigenvalue weighted by molar-refractivity contribution is 5.92. The summed E-state index contributed by atoms with van der Waals surface area (Å²) in [5.41, 5.74) is 1.23. The van der Waals surface area contributed by atoms with Gasteiger partial charge in [-0.15, -0.1) is 0 Å². The molecule has 0 radical (unpaired) electrons. The molecule has 1 aliphatic rings. The number of nitrogens with zero attached hydrogens (tertiary/aromatic N) is 2. The third-order valence-electron chi connectivity index (χ3n) is 5.44. The summed E-state index contributed by atoms with van der Waals surface area (Å²) in [6.45, 7) is 0. The fourth-order valence-corrected chi connectivity index (χ4v) is 4.05. The monoisotopic (exact) mass is 401 g/mol. The van der Waals surface area contributed by atoms with E-state index in [1.54, 1.807) is 0 Å². The van der Waals surface area contributed by atoms with Crippen LogP contribution in [0.5, 0.6) is 0 Å². The summed E-state index contributed by atoms with van der Waals surface area (Å²) in [4.78, 5) is 17.0. The van der Waals surface area contributed by atoms with Gasteiger partial charge in [-0.3, -0.25) is 4.79 Å². The second kappa shape index (κ2) is 7.89. The topological polar surface area (TPSA) is 46.4 Å². The Bertz CT molecular complexity index is 1010. The average molecular weight is 401 g/mol. The summed E-state index contributed by atoms with van der Waals surface area (Å²) in [6.07, 6.45) is 1.78. The standard InChI is InChI=1S/C22H22F3N3O/c23-22(24,25)17-11-12-18-26-21(27-19(29)13-15-7-3-1-4-8-15)20(28(18)14-17)16-9-5-2-6-10-16/h1,3-4,7-8,11-12,14,16H,2,5-6,9-10,13H2,(H,27,29). The summed E-state index contributed by atoms with van der Waals surface area (Å²) >= 11 is 0. The molecule has 1 amide bonds. The van der Waals surface area contributed by atoms with Gasteiger partial charge in [0.2, 0.25) is 5.91 Å². The molecule has 29 heavy (non-hydrogen) atoms. The molecule has 0 bridgehead atoms. The first-order chi connectivity index (χ1) is 13.9. The van der Waals surface area contributed by atoms with Crippen molar-refractivity contribution >= 4 is 17.4 Å². The first kappa shape index (κ1) is 19.5. The number of aromatic nitrogens is 2. The van der Waals surface area contributed by atoms with Crippen LogP contribution in [0.1, 0.15) is 54.8 Å². The summed E-state index contributed by atoms with van der Waals surface area (Å²) in [7, 11) is 0. The third kappa shape index (κ3) is 4.28. The molecular weight excluding hydrogens is 379 g/mol. The smallest absolute Gasteiger partial charge is 0.309 e. The molecule has 1 aromatic carbocycles. The van der Waals surface area contributed by atoms with Gasteiger partial charge in [-0.05, 0) is 30.5 Å². The second-order valence-electron chi connectivity index (χ2n) is 7.53. The number of hydrogen-bond donors (Lipinski definition) is 1. The summed E-state index contributed by atoms with van der Waals surface area (Å²) in [5, 5.41) is 2.85. The molecule has 0 aliphatic heterocycles. The number of carbonyl (C=O) groups excluding carboxylic acids is 1. The molecule has 1 aliphatic carbocycles. The van der Waals surface area contributed by atoms with Crippen LogP contribution in [-0.2, 0) is 17.4 Å². The minimum absolute atomic E-state index is 0.0780. The lowest BCUT2D eigenvalue weighted by Crippen LogP contribution is -2.18. The number of fused-ring (bicyclic) bond motifs is 1. The zero-order valence-electron chi connectivity index (χ0n) is 15.9. The molecular formula is C22H22F3N3O. The number of nitrogens with one attached hydrogen (secondary N) is 1. The van der Waals surface area contributed by atoms with E-state index in [9.17, 15) is 18.0 Å². The Hall–Kier alpha value is -2.83. The summed E-state index contributed by atoms with van der Waals surface area (Å²) in [5.74, 6) is 0.221. The molecule has 0 saturated heterocycles. The number of hydrogen-bond acceptors (Lipinski definition) is 2. The van der Waals surface area contributed by atoms with E-state index in [4.69, 9.17) is 0 Å². The van der Waals surface area contributed by atoms with Gasteiger partial charge in [0.05, 0.1) is 17.7 Å². The van der Waals surface area contributed by atoms with Crippen LogP contribution in [0.15, 0.2) is 48.7 Å². The van der Waals surface area contributed by atoms with E-state index in [2.05, 4.69) is 10.3 Å². The average Bonchev–Trinajstić information content (AvgIpc) is 3.05. The maximum atomic E-state index is 13.2. The van der Waals surface area contributed by atoms with Crippen LogP contribution in [0.3, 0.4) is 0 Å². The number of amides is 1. The van der Waals surface area contributed by atoms with Crippen LogP contribution < -0.4 is 5.32 Å². The maximum Gasteiger partial charge on any atom is 0.417 e. The van der Waals surface area contributed by atoms with Gasteiger partial charge in [0.15, 0.2) is 5.82 Å². The molecule has 1 saturated carbocycles. The molecule has 1 fully saturated rings. The Morgan fingerprint density at radius 2 is 1.79 bits per heavy atom. The van der Waals surface area contributed by atoms with Crippen molar-refractivity contribution in [1.29, 1.82) is 0 Å². The van der Waals surface area contributed by atoms with E-state index >= 15 is 0 Å². The van der Waals surface area contributed by atoms with Crippen molar-refractivity contribution in [1.82, 2.24) is 9.38 Å². The van der Waals surface area contributed by atoms with Crippen molar-refractivity contribution < 1.29 is 18.0 Å². The van der Waals surface area contributed by atoms with E-state index in [-0.39, 0.29) is 18.2 Å². The van der Waals surface area contributed by atoms with Crippen LogP contribution in [0.2, 0.25) is 0 Å². The molecule has 3 aromatic rings. The van der Waals surface area contributed by atoms with Crippen LogP contribution in [0, 0.1) is 0 Å². The molecule has 2 aromatic heterocycles. The molecule has 0 spiro atoms. The van der Waals surface area contributed by atoms with Crippen molar-refractivity contribution in [2.45, 2.75) is 50.6 Å². The lowest BCUT2D eigenvalue weighted by atomic mass is 9.86. The molecule has 0 unspecified atom stereocenters. The van der Waals surface area contributed by atoms with Crippen molar-refractivity contribution in [3.05, 3.63) is 65.5 Å². The number of rotatable bonds is 4. The number of pyridine rings is 1. The first-order valence-electron chi connectivity index (χ1n) is 9.85. The van der Waals surface area contributed by atoms with Gasteiger partial charge < -0.3 is 9.72 Å². The largest absolute Gasteiger partial charge is 0.417 e. The molecule has 2 heterocycles. The van der Waals surface area contributed by atoms with E-state index in [0.29, 0.717) is 17.2 Å². The lowest BCUT2D eigenvalue weighted by molar-refractivity contribution is -0.137. The Labute approximate surface area is 166 Å². The Kier molecular flexibility index (Phi) is 5.30. The zero-order chi connectivity index (χ0) is 20.4. The number of imidazole rings is 1. The van der Waals surface area contributed by atoms with E-state index in [1.165, 1.54) is 10.5 Å². The number of halogens is 3. The SMILES string of the molecule is O=C(Cc1ccccc1)Nc1nc2ccc(C(F)(F)F)cn2c1C1CCCCC1. The van der Waals surface area contributed by atoms with Crippen molar-refractivity contribution in [3.63, 3.8) is 0 Å². The van der Waals surface area contributed by atoms with Gasteiger partial charge in [-0.1, -0.05) is 49.6 Å². The predicted octanol–water partition coefficient (Wildman–Crippen LogP) is 5.58. The van der Waals surface area contributed by atoms with Gasteiger partial charge in [-0.25, -0.2) is 4.98 Å². The molecule has 1 N–H and O–H groups in total. The summed E-state index contributed by atoms with van der Waals surface area (Å²) < 4.78 is 41.2. The predicted molar refractivity (Wildman–Crippen MR) is 105 cm³/mol. The highest BCUT2D eigenvalue weighted by Gasteiger charge is 2.32. The molecule has 0 atom stereocenters. The Morgan fingerprint density at radius 3 is 2.48 bits per heavy atom. The fourth-order valence-electron chi connectivity index (χ4n) is 4.05. The number of carbonyl (C=O) groups is 1. The maximum absolute atomic E-state index is 13.2. The van der Waals surface area contributed by atoms with E-state index < -0.39 is 11.7 Å².